The van der Waals surface area contributed by atoms with E-state index in [0.717, 1.165) is 31.1 Å². The molecule has 2 N–H and O–H groups in total. The van der Waals surface area contributed by atoms with Crippen molar-refractivity contribution in [3.05, 3.63) is 0 Å². The highest BCUT2D eigenvalue weighted by Crippen LogP contribution is 1.96. The SMILES string of the molecule is CCOC(=O)C[C@@H](C(=O)OCC)[NH+]1CC[NH+](C)CC1. The average molecular weight is 274 g/mol. The van der Waals surface area contributed by atoms with Crippen LogP contribution in [0, 0.1) is 0 Å². The van der Waals surface area contributed by atoms with Crippen molar-refractivity contribution in [3.8, 4) is 0 Å². The van der Waals surface area contributed by atoms with Gasteiger partial charge in [-0.3, -0.25) is 4.79 Å². The van der Waals surface area contributed by atoms with Crippen molar-refractivity contribution in [2.75, 3.05) is 46.4 Å². The first-order valence-corrected chi connectivity index (χ1v) is 7.06. The van der Waals surface area contributed by atoms with Crippen LogP contribution in [0.25, 0.3) is 0 Å². The molecule has 0 spiro atoms. The molecule has 110 valence electrons. The standard InChI is InChI=1S/C13H24N2O4/c1-4-18-12(16)10-11(13(17)19-5-2)15-8-6-14(3)7-9-15/h11H,4-10H2,1-3H3/p+2/t11-/m0/s1. The number of hydrogen-bond donors (Lipinski definition) is 2. The Hall–Kier alpha value is -1.14. The molecule has 0 aromatic heterocycles. The number of ether oxygens (including phenoxy) is 2. The first kappa shape index (κ1) is 15.9. The minimum absolute atomic E-state index is 0.112. The summed E-state index contributed by atoms with van der Waals surface area (Å²) < 4.78 is 10.0. The van der Waals surface area contributed by atoms with Crippen molar-refractivity contribution < 1.29 is 28.9 Å². The monoisotopic (exact) mass is 274 g/mol. The van der Waals surface area contributed by atoms with Crippen LogP contribution in [-0.2, 0) is 19.1 Å². The van der Waals surface area contributed by atoms with Crippen LogP contribution in [-0.4, -0.2) is 64.4 Å². The number of nitrogens with one attached hydrogen (secondary N) is 2. The van der Waals surface area contributed by atoms with Gasteiger partial charge in [0.2, 0.25) is 0 Å². The lowest BCUT2D eigenvalue weighted by Gasteiger charge is -2.31. The molecule has 0 unspecified atom stereocenters. The van der Waals surface area contributed by atoms with Gasteiger partial charge in [0.15, 0.2) is 6.04 Å². The zero-order valence-corrected chi connectivity index (χ0v) is 12.2. The zero-order chi connectivity index (χ0) is 14.3. The second-order valence-electron chi connectivity index (χ2n) is 4.93. The maximum atomic E-state index is 12.0. The normalized spacial score (nSPS) is 24.6. The van der Waals surface area contributed by atoms with E-state index in [1.54, 1.807) is 13.8 Å². The van der Waals surface area contributed by atoms with Gasteiger partial charge in [0.1, 0.15) is 32.6 Å². The number of carbonyl (C=O) groups excluding carboxylic acids is 2. The Balaban J connectivity index is 2.63. The van der Waals surface area contributed by atoms with Gasteiger partial charge in [0, 0.05) is 0 Å². The van der Waals surface area contributed by atoms with Crippen LogP contribution in [0.2, 0.25) is 0 Å². The summed E-state index contributed by atoms with van der Waals surface area (Å²) in [7, 11) is 2.14. The Morgan fingerprint density at radius 3 is 2.16 bits per heavy atom. The largest absolute Gasteiger partial charge is 0.466 e. The van der Waals surface area contributed by atoms with E-state index >= 15 is 0 Å². The van der Waals surface area contributed by atoms with E-state index in [1.807, 2.05) is 0 Å². The van der Waals surface area contributed by atoms with Gasteiger partial charge in [-0.2, -0.15) is 0 Å². The molecular formula is C13H26N2O4+2. The van der Waals surface area contributed by atoms with Crippen LogP contribution < -0.4 is 9.80 Å². The lowest BCUT2D eigenvalue weighted by atomic mass is 10.1. The molecule has 6 nitrogen and oxygen atoms in total. The van der Waals surface area contributed by atoms with E-state index in [0.29, 0.717) is 13.2 Å². The number of rotatable bonds is 6. The minimum Gasteiger partial charge on any atom is -0.466 e. The molecule has 0 radical (unpaired) electrons. The fourth-order valence-corrected chi connectivity index (χ4v) is 2.37. The van der Waals surface area contributed by atoms with Gasteiger partial charge in [0.25, 0.3) is 0 Å². The molecule has 0 saturated carbocycles. The Morgan fingerprint density at radius 1 is 1.05 bits per heavy atom. The summed E-state index contributed by atoms with van der Waals surface area (Å²) in [5.74, 6) is -0.607. The van der Waals surface area contributed by atoms with Gasteiger partial charge in [-0.1, -0.05) is 0 Å². The predicted molar refractivity (Wildman–Crippen MR) is 69.0 cm³/mol. The van der Waals surface area contributed by atoms with Crippen molar-refractivity contribution in [1.82, 2.24) is 0 Å². The van der Waals surface area contributed by atoms with Crippen LogP contribution >= 0.6 is 0 Å². The molecular weight excluding hydrogens is 248 g/mol. The summed E-state index contributed by atoms with van der Waals surface area (Å²) >= 11 is 0. The fourth-order valence-electron chi connectivity index (χ4n) is 2.37. The van der Waals surface area contributed by atoms with E-state index in [-0.39, 0.29) is 18.4 Å². The Labute approximate surface area is 114 Å². The first-order valence-electron chi connectivity index (χ1n) is 7.06. The van der Waals surface area contributed by atoms with E-state index in [2.05, 4.69) is 7.05 Å². The van der Waals surface area contributed by atoms with Crippen LogP contribution in [0.4, 0.5) is 0 Å². The number of quaternary nitrogens is 2. The quantitative estimate of drug-likeness (QED) is 0.517. The summed E-state index contributed by atoms with van der Waals surface area (Å²) in [4.78, 5) is 26.2. The number of hydrogen-bond acceptors (Lipinski definition) is 4. The average Bonchev–Trinajstić information content (AvgIpc) is 2.38. The topological polar surface area (TPSA) is 61.5 Å². The Kier molecular flexibility index (Phi) is 6.80. The highest BCUT2D eigenvalue weighted by atomic mass is 16.5. The van der Waals surface area contributed by atoms with E-state index in [1.165, 1.54) is 4.90 Å². The van der Waals surface area contributed by atoms with Gasteiger partial charge in [-0.05, 0) is 13.8 Å². The molecule has 1 saturated heterocycles. The van der Waals surface area contributed by atoms with Crippen LogP contribution in [0.15, 0.2) is 0 Å². The number of piperazine rings is 1. The lowest BCUT2D eigenvalue weighted by Crippen LogP contribution is -3.29. The van der Waals surface area contributed by atoms with Crippen molar-refractivity contribution in [3.63, 3.8) is 0 Å². The maximum absolute atomic E-state index is 12.0. The van der Waals surface area contributed by atoms with Crippen molar-refractivity contribution in [2.45, 2.75) is 26.3 Å². The molecule has 0 aromatic rings. The van der Waals surface area contributed by atoms with E-state index in [9.17, 15) is 9.59 Å². The molecule has 0 amide bonds. The summed E-state index contributed by atoms with van der Waals surface area (Å²) in [5, 5.41) is 0. The van der Waals surface area contributed by atoms with Gasteiger partial charge in [-0.15, -0.1) is 0 Å². The van der Waals surface area contributed by atoms with E-state index in [4.69, 9.17) is 9.47 Å². The second-order valence-corrected chi connectivity index (χ2v) is 4.93. The molecule has 6 heteroatoms. The number of esters is 2. The molecule has 1 heterocycles. The minimum atomic E-state index is -0.424. The lowest BCUT2D eigenvalue weighted by molar-refractivity contribution is -1.01. The third-order valence-electron chi connectivity index (χ3n) is 3.49. The highest BCUT2D eigenvalue weighted by Gasteiger charge is 2.36. The van der Waals surface area contributed by atoms with Crippen LogP contribution in [0.1, 0.15) is 20.3 Å². The van der Waals surface area contributed by atoms with Gasteiger partial charge >= 0.3 is 11.9 Å². The molecule has 0 aromatic carbocycles. The molecule has 1 rings (SSSR count). The van der Waals surface area contributed by atoms with Crippen LogP contribution in [0.5, 0.6) is 0 Å². The molecule has 1 atom stereocenters. The summed E-state index contributed by atoms with van der Waals surface area (Å²) in [6, 6.07) is -0.424. The number of likely N-dealkylation sites (N-methyl/N-ethyl adjacent to an activating group) is 1. The molecule has 1 aliphatic heterocycles. The Morgan fingerprint density at radius 2 is 1.63 bits per heavy atom. The first-order chi connectivity index (χ1) is 9.08. The zero-order valence-electron chi connectivity index (χ0n) is 12.2. The van der Waals surface area contributed by atoms with Crippen LogP contribution in [0.3, 0.4) is 0 Å². The van der Waals surface area contributed by atoms with Crippen molar-refractivity contribution >= 4 is 11.9 Å². The predicted octanol–water partition coefficient (Wildman–Crippen LogP) is -2.72. The third-order valence-corrected chi connectivity index (χ3v) is 3.49. The van der Waals surface area contributed by atoms with Crippen molar-refractivity contribution in [2.24, 2.45) is 0 Å². The number of carbonyl (C=O) groups is 2. The van der Waals surface area contributed by atoms with Gasteiger partial charge in [0.05, 0.1) is 20.3 Å². The fraction of sp³-hybridized carbons (Fsp3) is 0.846. The summed E-state index contributed by atoms with van der Waals surface area (Å²) in [6.07, 6.45) is 0.112. The summed E-state index contributed by atoms with van der Waals surface area (Å²) in [6.45, 7) is 8.02. The molecule has 1 aliphatic rings. The third kappa shape index (κ3) is 5.16. The van der Waals surface area contributed by atoms with Gasteiger partial charge in [-0.25, -0.2) is 4.79 Å². The molecule has 19 heavy (non-hydrogen) atoms. The van der Waals surface area contributed by atoms with Crippen molar-refractivity contribution in [1.29, 1.82) is 0 Å². The molecule has 1 fully saturated rings. The Bertz CT molecular complexity index is 301. The molecule has 0 aliphatic carbocycles. The summed E-state index contributed by atoms with van der Waals surface area (Å²) in [5.41, 5.74) is 0. The molecule has 0 bridgehead atoms. The highest BCUT2D eigenvalue weighted by molar-refractivity contribution is 5.81. The van der Waals surface area contributed by atoms with E-state index < -0.39 is 6.04 Å². The second kappa shape index (κ2) is 8.12. The van der Waals surface area contributed by atoms with Gasteiger partial charge < -0.3 is 19.3 Å². The smallest absolute Gasteiger partial charge is 0.365 e. The maximum Gasteiger partial charge on any atom is 0.365 e.